The third-order valence-electron chi connectivity index (χ3n) is 11.3. The van der Waals surface area contributed by atoms with Crippen molar-refractivity contribution >= 4 is 46.6 Å². The number of likely N-dealkylation sites (N-methyl/N-ethyl adjacent to an activating group) is 1. The SMILES string of the molecule is CC[C@H](C)[C@H](CC(=O)[C@@]1(C)CCCCN1C)C(=O)N(CC)[C@H](C[C@@H](OC(C)=O)c1nc(C(=O)N[C@@H](Cc2ccc(N)cc2)C[C@H](C)C(=O)O)cs1)C(C)C. The zero-order valence-corrected chi connectivity index (χ0v) is 34.5. The number of rotatable bonds is 20. The van der Waals surface area contributed by atoms with Crippen molar-refractivity contribution in [2.75, 3.05) is 25.9 Å². The number of piperidine rings is 1. The van der Waals surface area contributed by atoms with Crippen LogP contribution in [0.1, 0.15) is 127 Å². The first-order valence-corrected chi connectivity index (χ1v) is 20.3. The molecule has 0 saturated carbocycles. The molecule has 1 saturated heterocycles. The second kappa shape index (κ2) is 20.2. The highest BCUT2D eigenvalue weighted by atomic mass is 32.1. The van der Waals surface area contributed by atoms with Gasteiger partial charge < -0.3 is 25.8 Å². The quantitative estimate of drug-likeness (QED) is 0.0992. The Labute approximate surface area is 325 Å². The summed E-state index contributed by atoms with van der Waals surface area (Å²) in [5, 5.41) is 14.6. The van der Waals surface area contributed by atoms with Gasteiger partial charge in [-0.2, -0.15) is 0 Å². The number of ketones is 1. The number of carbonyl (C=O) groups is 5. The van der Waals surface area contributed by atoms with E-state index >= 15 is 0 Å². The molecule has 4 N–H and O–H groups in total. The lowest BCUT2D eigenvalue weighted by Gasteiger charge is -2.43. The Bertz CT molecular complexity index is 1580. The average Bonchev–Trinajstić information content (AvgIpc) is 3.62. The predicted molar refractivity (Wildman–Crippen MR) is 212 cm³/mol. The van der Waals surface area contributed by atoms with E-state index in [1.54, 1.807) is 24.4 Å². The van der Waals surface area contributed by atoms with E-state index in [1.807, 2.05) is 65.6 Å². The number of nitrogen functional groups attached to an aromatic ring is 1. The molecular weight excluding hydrogens is 707 g/mol. The van der Waals surface area contributed by atoms with Crippen molar-refractivity contribution in [2.45, 2.75) is 130 Å². The van der Waals surface area contributed by atoms with E-state index in [9.17, 15) is 29.1 Å². The number of nitrogens with one attached hydrogen (secondary N) is 1. The van der Waals surface area contributed by atoms with Crippen molar-refractivity contribution in [3.63, 3.8) is 0 Å². The van der Waals surface area contributed by atoms with Crippen molar-refractivity contribution in [3.05, 3.63) is 45.9 Å². The van der Waals surface area contributed by atoms with Crippen LogP contribution in [0.2, 0.25) is 0 Å². The number of aromatic nitrogens is 1. The summed E-state index contributed by atoms with van der Waals surface area (Å²) in [6.45, 7) is 16.2. The Morgan fingerprint density at radius 2 is 1.74 bits per heavy atom. The van der Waals surface area contributed by atoms with Gasteiger partial charge in [-0.15, -0.1) is 11.3 Å². The second-order valence-electron chi connectivity index (χ2n) is 15.7. The first kappa shape index (κ1) is 44.6. The van der Waals surface area contributed by atoms with E-state index < -0.39 is 47.4 Å². The van der Waals surface area contributed by atoms with Gasteiger partial charge in [0.2, 0.25) is 5.91 Å². The number of thiazole rings is 1. The molecule has 2 aromatic rings. The Morgan fingerprint density at radius 3 is 2.30 bits per heavy atom. The molecule has 0 bridgehead atoms. The molecule has 1 aromatic carbocycles. The minimum atomic E-state index is -0.959. The molecule has 1 aliphatic rings. The third-order valence-corrected chi connectivity index (χ3v) is 12.3. The van der Waals surface area contributed by atoms with Crippen LogP contribution in [0.5, 0.6) is 0 Å². The number of hydrogen-bond donors (Lipinski definition) is 3. The monoisotopic (exact) mass is 769 g/mol. The molecule has 300 valence electrons. The van der Waals surface area contributed by atoms with Gasteiger partial charge in [-0.1, -0.05) is 53.2 Å². The summed E-state index contributed by atoms with van der Waals surface area (Å²) in [6, 6.07) is 6.35. The summed E-state index contributed by atoms with van der Waals surface area (Å²) in [6.07, 6.45) is 3.74. The Balaban J connectivity index is 1.87. The van der Waals surface area contributed by atoms with Gasteiger partial charge in [-0.25, -0.2) is 4.98 Å². The van der Waals surface area contributed by atoms with Gasteiger partial charge in [0.1, 0.15) is 10.7 Å². The zero-order chi connectivity index (χ0) is 40.3. The zero-order valence-electron chi connectivity index (χ0n) is 33.7. The van der Waals surface area contributed by atoms with E-state index in [0.29, 0.717) is 23.7 Å². The van der Waals surface area contributed by atoms with E-state index in [1.165, 1.54) is 18.3 Å². The topological polar surface area (TPSA) is 172 Å². The summed E-state index contributed by atoms with van der Waals surface area (Å²) in [5.41, 5.74) is 6.86. The van der Waals surface area contributed by atoms with Crippen molar-refractivity contribution in [2.24, 2.45) is 23.7 Å². The van der Waals surface area contributed by atoms with Crippen LogP contribution in [0.3, 0.4) is 0 Å². The predicted octanol–water partition coefficient (Wildman–Crippen LogP) is 6.54. The lowest BCUT2D eigenvalue weighted by molar-refractivity contribution is -0.150. The summed E-state index contributed by atoms with van der Waals surface area (Å²) >= 11 is 1.19. The summed E-state index contributed by atoms with van der Waals surface area (Å²) in [5.74, 6) is -3.18. The lowest BCUT2D eigenvalue weighted by Crippen LogP contribution is -2.55. The van der Waals surface area contributed by atoms with E-state index in [0.717, 1.165) is 37.8 Å². The van der Waals surface area contributed by atoms with Crippen LogP contribution in [0.4, 0.5) is 5.69 Å². The average molecular weight is 770 g/mol. The standard InChI is InChI=1S/C41H63N5O7S/c1-10-26(5)32(22-36(48)41(8)18-12-13-19-45(41)9)39(50)46(11-2)34(25(3)4)23-35(53-28(7)47)38-44-33(24-54-38)37(49)43-31(20-27(6)40(51)52)21-29-14-16-30(42)17-15-29/h14-17,24-27,31-32,34-35H,10-13,18-23,42H2,1-9H3,(H,43,49)(H,51,52)/t26-,27-,31+,32-,34+,35+,41+/m0/s1. The fraction of sp³-hybridized carbons (Fsp3) is 0.659. The smallest absolute Gasteiger partial charge is 0.306 e. The maximum Gasteiger partial charge on any atom is 0.306 e. The van der Waals surface area contributed by atoms with Gasteiger partial charge in [0.25, 0.3) is 5.91 Å². The summed E-state index contributed by atoms with van der Waals surface area (Å²) in [7, 11) is 1.99. The lowest BCUT2D eigenvalue weighted by atomic mass is 9.77. The largest absolute Gasteiger partial charge is 0.481 e. The van der Waals surface area contributed by atoms with Crippen LogP contribution in [0.15, 0.2) is 29.6 Å². The number of benzene rings is 1. The van der Waals surface area contributed by atoms with Gasteiger partial charge in [-0.05, 0) is 89.1 Å². The number of nitrogens with zero attached hydrogens (tertiary/aromatic N) is 3. The highest BCUT2D eigenvalue weighted by molar-refractivity contribution is 7.09. The molecule has 1 aromatic heterocycles. The molecule has 12 nitrogen and oxygen atoms in total. The van der Waals surface area contributed by atoms with Gasteiger partial charge in [0.15, 0.2) is 11.9 Å². The van der Waals surface area contributed by atoms with Gasteiger partial charge >= 0.3 is 11.9 Å². The van der Waals surface area contributed by atoms with Crippen molar-refractivity contribution < 1.29 is 33.8 Å². The molecule has 0 radical (unpaired) electrons. The molecule has 0 unspecified atom stereocenters. The number of carbonyl (C=O) groups excluding carboxylic acids is 4. The van der Waals surface area contributed by atoms with Gasteiger partial charge in [0, 0.05) is 55.4 Å². The Kier molecular flexibility index (Phi) is 16.7. The maximum absolute atomic E-state index is 14.6. The number of Topliss-reactive ketones (excluding diaryl/α,β-unsaturated/α-hetero) is 1. The van der Waals surface area contributed by atoms with Gasteiger partial charge in [-0.3, -0.25) is 28.9 Å². The highest BCUT2D eigenvalue weighted by Crippen LogP contribution is 2.35. The number of likely N-dealkylation sites (tertiary alicyclic amines) is 1. The molecular formula is C41H63N5O7S. The Hall–Kier alpha value is -3.84. The fourth-order valence-corrected chi connectivity index (χ4v) is 8.29. The van der Waals surface area contributed by atoms with Crippen molar-refractivity contribution in [1.29, 1.82) is 0 Å². The molecule has 3 rings (SSSR count). The van der Waals surface area contributed by atoms with Crippen molar-refractivity contribution in [1.82, 2.24) is 20.1 Å². The fourth-order valence-electron chi connectivity index (χ4n) is 7.45. The molecule has 54 heavy (non-hydrogen) atoms. The van der Waals surface area contributed by atoms with E-state index in [2.05, 4.69) is 15.2 Å². The molecule has 13 heteroatoms. The van der Waals surface area contributed by atoms with Crippen LogP contribution >= 0.6 is 11.3 Å². The number of amides is 2. The first-order chi connectivity index (χ1) is 25.4. The number of hydrogen-bond acceptors (Lipinski definition) is 10. The van der Waals surface area contributed by atoms with Crippen LogP contribution < -0.4 is 11.1 Å². The molecule has 1 fully saturated rings. The van der Waals surface area contributed by atoms with Crippen LogP contribution in [-0.4, -0.2) is 87.2 Å². The van der Waals surface area contributed by atoms with Crippen LogP contribution in [0, 0.1) is 23.7 Å². The van der Waals surface area contributed by atoms with E-state index in [4.69, 9.17) is 10.5 Å². The molecule has 7 atom stereocenters. The molecule has 0 aliphatic carbocycles. The number of nitrogens with two attached hydrogens (primary N) is 1. The van der Waals surface area contributed by atoms with Crippen LogP contribution in [-0.2, 0) is 30.3 Å². The molecule has 2 amide bonds. The first-order valence-electron chi connectivity index (χ1n) is 19.5. The molecule has 1 aliphatic heterocycles. The number of carboxylic acids is 1. The molecule has 2 heterocycles. The molecule has 0 spiro atoms. The third kappa shape index (κ3) is 11.8. The minimum absolute atomic E-state index is 0.0209. The maximum atomic E-state index is 14.6. The minimum Gasteiger partial charge on any atom is -0.481 e. The number of esters is 1. The normalized spacial score (nSPS) is 19.6. The van der Waals surface area contributed by atoms with Gasteiger partial charge in [0.05, 0.1) is 11.5 Å². The van der Waals surface area contributed by atoms with Crippen molar-refractivity contribution in [3.8, 4) is 0 Å². The number of aliphatic carboxylic acids is 1. The number of anilines is 1. The Morgan fingerprint density at radius 1 is 1.07 bits per heavy atom. The number of carboxylic acid groups (broad SMARTS) is 1. The second-order valence-corrected chi connectivity index (χ2v) is 16.6. The number of ether oxygens (including phenoxy) is 1. The van der Waals surface area contributed by atoms with E-state index in [-0.39, 0.29) is 54.5 Å². The summed E-state index contributed by atoms with van der Waals surface area (Å²) < 4.78 is 5.84. The summed E-state index contributed by atoms with van der Waals surface area (Å²) in [4.78, 5) is 74.8. The van der Waals surface area contributed by atoms with Crippen LogP contribution in [0.25, 0.3) is 0 Å². The highest BCUT2D eigenvalue weighted by Gasteiger charge is 2.43.